The molecule has 0 radical (unpaired) electrons. The molecule has 0 saturated heterocycles. The van der Waals surface area contributed by atoms with Crippen molar-refractivity contribution in [3.63, 3.8) is 0 Å². The molecule has 0 unspecified atom stereocenters. The maximum atomic E-state index is 8.70. The maximum absolute atomic E-state index is 8.70. The Balaban J connectivity index is 1.91. The summed E-state index contributed by atoms with van der Waals surface area (Å²) >= 11 is 0. The normalized spacial score (nSPS) is 10.4. The Bertz CT molecular complexity index is 491. The maximum Gasteiger partial charge on any atom is 0.321 e. The van der Waals surface area contributed by atoms with Crippen molar-refractivity contribution in [2.45, 2.75) is 13.0 Å². The zero-order chi connectivity index (χ0) is 13.3. The van der Waals surface area contributed by atoms with Gasteiger partial charge < -0.3 is 15.2 Å². The number of hydrogen-bond donors (Lipinski definition) is 2. The highest BCUT2D eigenvalue weighted by Gasteiger charge is 2.00. The number of benzene rings is 1. The number of nitrogens with zero attached hydrogens (tertiary/aromatic N) is 2. The van der Waals surface area contributed by atoms with Crippen LogP contribution in [-0.4, -0.2) is 28.2 Å². The summed E-state index contributed by atoms with van der Waals surface area (Å²) in [5.74, 6) is 0.715. The fourth-order valence-electron chi connectivity index (χ4n) is 1.60. The molecule has 5 heteroatoms. The van der Waals surface area contributed by atoms with E-state index in [9.17, 15) is 0 Å². The van der Waals surface area contributed by atoms with E-state index in [4.69, 9.17) is 9.84 Å². The van der Waals surface area contributed by atoms with Crippen LogP contribution in [0.25, 0.3) is 0 Å². The molecule has 0 saturated carbocycles. The van der Waals surface area contributed by atoms with E-state index in [-0.39, 0.29) is 6.61 Å². The summed E-state index contributed by atoms with van der Waals surface area (Å²) in [5, 5.41) is 11.9. The van der Waals surface area contributed by atoms with Crippen LogP contribution in [0.3, 0.4) is 0 Å². The van der Waals surface area contributed by atoms with Crippen molar-refractivity contribution in [2.75, 3.05) is 13.2 Å². The first-order valence-corrected chi connectivity index (χ1v) is 6.24. The first kappa shape index (κ1) is 13.5. The van der Waals surface area contributed by atoms with Crippen LogP contribution in [0.4, 0.5) is 0 Å². The van der Waals surface area contributed by atoms with Gasteiger partial charge >= 0.3 is 6.01 Å². The molecule has 2 aromatic rings. The third-order valence-electron chi connectivity index (χ3n) is 2.49. The zero-order valence-electron chi connectivity index (χ0n) is 10.6. The summed E-state index contributed by atoms with van der Waals surface area (Å²) in [7, 11) is 0. The average Bonchev–Trinajstić information content (AvgIpc) is 2.45. The van der Waals surface area contributed by atoms with Gasteiger partial charge in [-0.05, 0) is 36.7 Å². The van der Waals surface area contributed by atoms with Gasteiger partial charge in [0, 0.05) is 25.5 Å². The molecule has 19 heavy (non-hydrogen) atoms. The molecule has 1 aromatic carbocycles. The molecular formula is C14H17N3O2. The number of aromatic nitrogens is 2. The highest BCUT2D eigenvalue weighted by molar-refractivity contribution is 5.30. The Kier molecular flexibility index (Phi) is 5.28. The van der Waals surface area contributed by atoms with Crippen LogP contribution in [0.15, 0.2) is 42.7 Å². The van der Waals surface area contributed by atoms with Gasteiger partial charge in [-0.25, -0.2) is 9.97 Å². The van der Waals surface area contributed by atoms with Gasteiger partial charge in [-0.3, -0.25) is 0 Å². The second-order valence-electron chi connectivity index (χ2n) is 4.03. The van der Waals surface area contributed by atoms with Crippen LogP contribution < -0.4 is 10.1 Å². The molecule has 0 spiro atoms. The fourth-order valence-corrected chi connectivity index (χ4v) is 1.60. The molecule has 5 nitrogen and oxygen atoms in total. The third-order valence-corrected chi connectivity index (χ3v) is 2.49. The molecule has 0 aliphatic carbocycles. The minimum absolute atomic E-state index is 0.210. The third kappa shape index (κ3) is 4.65. The van der Waals surface area contributed by atoms with Crippen molar-refractivity contribution in [2.24, 2.45) is 0 Å². The zero-order valence-corrected chi connectivity index (χ0v) is 10.6. The standard InChI is InChI=1S/C14H17N3O2/c18-9-3-6-15-11-12-4-1-5-13(10-12)19-14-16-7-2-8-17-14/h1-2,4-5,7-8,10,15,18H,3,6,9,11H2. The Morgan fingerprint density at radius 2 is 2.00 bits per heavy atom. The molecule has 2 rings (SSSR count). The first-order chi connectivity index (χ1) is 9.38. The van der Waals surface area contributed by atoms with Crippen LogP contribution in [0.1, 0.15) is 12.0 Å². The Morgan fingerprint density at radius 1 is 1.16 bits per heavy atom. The number of nitrogens with one attached hydrogen (secondary N) is 1. The summed E-state index contributed by atoms with van der Waals surface area (Å²) < 4.78 is 5.56. The van der Waals surface area contributed by atoms with E-state index in [1.165, 1.54) is 0 Å². The van der Waals surface area contributed by atoms with Crippen molar-refractivity contribution in [1.82, 2.24) is 15.3 Å². The van der Waals surface area contributed by atoms with Crippen LogP contribution >= 0.6 is 0 Å². The molecule has 2 N–H and O–H groups in total. The lowest BCUT2D eigenvalue weighted by molar-refractivity contribution is 0.286. The smallest absolute Gasteiger partial charge is 0.321 e. The van der Waals surface area contributed by atoms with E-state index in [0.717, 1.165) is 25.1 Å². The second kappa shape index (κ2) is 7.45. The number of aliphatic hydroxyl groups is 1. The van der Waals surface area contributed by atoms with Crippen LogP contribution in [0, 0.1) is 0 Å². The minimum atomic E-state index is 0.210. The van der Waals surface area contributed by atoms with Crippen LogP contribution in [0.2, 0.25) is 0 Å². The van der Waals surface area contributed by atoms with E-state index in [1.807, 2.05) is 24.3 Å². The minimum Gasteiger partial charge on any atom is -0.424 e. The van der Waals surface area contributed by atoms with Gasteiger partial charge in [0.25, 0.3) is 0 Å². The van der Waals surface area contributed by atoms with E-state index >= 15 is 0 Å². The highest BCUT2D eigenvalue weighted by Crippen LogP contribution is 2.18. The van der Waals surface area contributed by atoms with Crippen LogP contribution in [-0.2, 0) is 6.54 Å². The number of hydrogen-bond acceptors (Lipinski definition) is 5. The molecule has 1 aromatic heterocycles. The van der Waals surface area contributed by atoms with E-state index in [0.29, 0.717) is 11.8 Å². The van der Waals surface area contributed by atoms with Gasteiger partial charge in [0.1, 0.15) is 5.75 Å². The van der Waals surface area contributed by atoms with Crippen molar-refractivity contribution in [3.05, 3.63) is 48.3 Å². The van der Waals surface area contributed by atoms with Gasteiger partial charge in [-0.1, -0.05) is 12.1 Å². The van der Waals surface area contributed by atoms with Gasteiger partial charge in [-0.15, -0.1) is 0 Å². The quantitative estimate of drug-likeness (QED) is 0.741. The van der Waals surface area contributed by atoms with E-state index in [1.54, 1.807) is 18.5 Å². The summed E-state index contributed by atoms with van der Waals surface area (Å²) in [6.45, 7) is 1.75. The van der Waals surface area contributed by atoms with Gasteiger partial charge in [-0.2, -0.15) is 0 Å². The molecule has 100 valence electrons. The largest absolute Gasteiger partial charge is 0.424 e. The fraction of sp³-hybridized carbons (Fsp3) is 0.286. The van der Waals surface area contributed by atoms with Crippen molar-refractivity contribution in [1.29, 1.82) is 0 Å². The molecule has 0 atom stereocenters. The lowest BCUT2D eigenvalue weighted by Crippen LogP contribution is -2.15. The highest BCUT2D eigenvalue weighted by atomic mass is 16.5. The summed E-state index contributed by atoms with van der Waals surface area (Å²) in [4.78, 5) is 8.03. The van der Waals surface area contributed by atoms with Crippen molar-refractivity contribution >= 4 is 0 Å². The van der Waals surface area contributed by atoms with Crippen molar-refractivity contribution in [3.8, 4) is 11.8 Å². The summed E-state index contributed by atoms with van der Waals surface area (Å²) in [6.07, 6.45) is 4.04. The summed E-state index contributed by atoms with van der Waals surface area (Å²) in [6, 6.07) is 9.85. The van der Waals surface area contributed by atoms with Crippen LogP contribution in [0.5, 0.6) is 11.8 Å². The Labute approximate surface area is 112 Å². The lowest BCUT2D eigenvalue weighted by Gasteiger charge is -2.07. The van der Waals surface area contributed by atoms with Gasteiger partial charge in [0.2, 0.25) is 0 Å². The monoisotopic (exact) mass is 259 g/mol. The Hall–Kier alpha value is -1.98. The Morgan fingerprint density at radius 3 is 2.79 bits per heavy atom. The van der Waals surface area contributed by atoms with Crippen molar-refractivity contribution < 1.29 is 9.84 Å². The summed E-state index contributed by atoms with van der Waals surface area (Å²) in [5.41, 5.74) is 1.12. The average molecular weight is 259 g/mol. The predicted molar refractivity (Wildman–Crippen MR) is 72.0 cm³/mol. The molecule has 0 aliphatic heterocycles. The van der Waals surface area contributed by atoms with Gasteiger partial charge in [0.05, 0.1) is 0 Å². The predicted octanol–water partition coefficient (Wildman–Crippen LogP) is 1.74. The number of aliphatic hydroxyl groups excluding tert-OH is 1. The lowest BCUT2D eigenvalue weighted by atomic mass is 10.2. The van der Waals surface area contributed by atoms with Gasteiger partial charge in [0.15, 0.2) is 0 Å². The topological polar surface area (TPSA) is 67.3 Å². The molecule has 1 heterocycles. The second-order valence-corrected chi connectivity index (χ2v) is 4.03. The molecule has 0 fully saturated rings. The molecule has 0 bridgehead atoms. The SMILES string of the molecule is OCCCNCc1cccc(Oc2ncccn2)c1. The first-order valence-electron chi connectivity index (χ1n) is 6.24. The van der Waals surface area contributed by atoms with E-state index in [2.05, 4.69) is 15.3 Å². The number of ether oxygens (including phenoxy) is 1. The molecule has 0 aliphatic rings. The van der Waals surface area contributed by atoms with E-state index < -0.39 is 0 Å². The molecule has 0 amide bonds. The number of rotatable bonds is 7. The molecular weight excluding hydrogens is 242 g/mol.